The van der Waals surface area contributed by atoms with Crippen LogP contribution in [0.3, 0.4) is 0 Å². The average Bonchev–Trinajstić information content (AvgIpc) is 3.55. The zero-order valence-corrected chi connectivity index (χ0v) is 19.7. The van der Waals surface area contributed by atoms with Crippen LogP contribution in [0.2, 0.25) is 0 Å². The molecule has 2 fully saturated rings. The first kappa shape index (κ1) is 22.0. The number of fused-ring (bicyclic) bond motifs is 1. The van der Waals surface area contributed by atoms with Crippen LogP contribution in [0.4, 0.5) is 5.69 Å². The average molecular weight is 451 g/mol. The third-order valence-corrected chi connectivity index (χ3v) is 7.41. The molecule has 0 bridgehead atoms. The monoisotopic (exact) mass is 450 g/mol. The van der Waals surface area contributed by atoms with Crippen LogP contribution in [-0.4, -0.2) is 40.3 Å². The van der Waals surface area contributed by atoms with Gasteiger partial charge < -0.3 is 10.1 Å². The van der Waals surface area contributed by atoms with E-state index in [1.165, 1.54) is 19.3 Å². The van der Waals surface area contributed by atoms with Crippen LogP contribution in [0.25, 0.3) is 0 Å². The predicted molar refractivity (Wildman–Crippen MR) is 127 cm³/mol. The van der Waals surface area contributed by atoms with Crippen molar-refractivity contribution < 1.29 is 14.3 Å². The number of ether oxygens (including phenoxy) is 1. The number of anilines is 1. The molecule has 1 aliphatic heterocycles. The lowest BCUT2D eigenvalue weighted by Crippen LogP contribution is -2.65. The number of carbonyl (C=O) groups excluding carboxylic acids is 2. The summed E-state index contributed by atoms with van der Waals surface area (Å²) in [7, 11) is 1.61. The lowest BCUT2D eigenvalue weighted by molar-refractivity contribution is -0.127. The molecule has 0 radical (unpaired) electrons. The summed E-state index contributed by atoms with van der Waals surface area (Å²) in [6.45, 7) is 2.20. The Labute approximate surface area is 195 Å². The number of benzene rings is 1. The first-order valence-corrected chi connectivity index (χ1v) is 12.4. The fourth-order valence-corrected chi connectivity index (χ4v) is 5.28. The number of rotatable bonds is 5. The molecule has 33 heavy (non-hydrogen) atoms. The molecule has 2 aliphatic carbocycles. The maximum atomic E-state index is 13.9. The Morgan fingerprint density at radius 2 is 1.82 bits per heavy atom. The standard InChI is InChI=1S/C26H34N4O3/c1-26(25(32)27-19-9-6-4-3-5-7-10-19)17-29-23(16-22(28-29)18-13-14-18)24(31)30(26)20-11-8-12-21(15-20)33-2/h8,11-12,15-16,18-19H,3-7,9-10,13-14,17H2,1-2H3,(H,27,32). The Morgan fingerprint density at radius 3 is 2.52 bits per heavy atom. The molecule has 1 aromatic heterocycles. The molecule has 7 nitrogen and oxygen atoms in total. The fraction of sp³-hybridized carbons (Fsp3) is 0.577. The highest BCUT2D eigenvalue weighted by atomic mass is 16.5. The van der Waals surface area contributed by atoms with Gasteiger partial charge in [0.15, 0.2) is 0 Å². The van der Waals surface area contributed by atoms with Crippen molar-refractivity contribution in [2.45, 2.75) is 88.8 Å². The number of nitrogens with zero attached hydrogens (tertiary/aromatic N) is 3. The molecule has 2 amide bonds. The second-order valence-corrected chi connectivity index (χ2v) is 10.0. The predicted octanol–water partition coefficient (Wildman–Crippen LogP) is 4.42. The maximum absolute atomic E-state index is 13.9. The summed E-state index contributed by atoms with van der Waals surface area (Å²) in [5.41, 5.74) is 1.09. The number of amides is 2. The van der Waals surface area contributed by atoms with Crippen LogP contribution in [0.5, 0.6) is 5.75 Å². The molecule has 7 heteroatoms. The largest absolute Gasteiger partial charge is 0.497 e. The molecule has 5 rings (SSSR count). The van der Waals surface area contributed by atoms with E-state index in [4.69, 9.17) is 9.84 Å². The summed E-state index contributed by atoms with van der Waals surface area (Å²) in [6, 6.07) is 9.47. The quantitative estimate of drug-likeness (QED) is 0.732. The number of carbonyl (C=O) groups is 2. The maximum Gasteiger partial charge on any atom is 0.277 e. The summed E-state index contributed by atoms with van der Waals surface area (Å²) in [4.78, 5) is 29.3. The van der Waals surface area contributed by atoms with Gasteiger partial charge in [-0.05, 0) is 50.8 Å². The normalized spacial score (nSPS) is 24.1. The van der Waals surface area contributed by atoms with Crippen molar-refractivity contribution in [3.05, 3.63) is 41.7 Å². The number of aromatic nitrogens is 2. The SMILES string of the molecule is COc1cccc(N2C(=O)c3cc(C4CC4)nn3CC2(C)C(=O)NC2CCCCCCC2)c1. The van der Waals surface area contributed by atoms with Crippen LogP contribution in [0, 0.1) is 0 Å². The molecule has 1 atom stereocenters. The highest BCUT2D eigenvalue weighted by Crippen LogP contribution is 2.41. The van der Waals surface area contributed by atoms with Crippen molar-refractivity contribution in [3.63, 3.8) is 0 Å². The Hall–Kier alpha value is -2.83. The summed E-state index contributed by atoms with van der Waals surface area (Å²) in [5.74, 6) is 0.791. The van der Waals surface area contributed by atoms with E-state index in [2.05, 4.69) is 5.32 Å². The van der Waals surface area contributed by atoms with E-state index < -0.39 is 5.54 Å². The van der Waals surface area contributed by atoms with Crippen LogP contribution < -0.4 is 15.0 Å². The number of nitrogens with one attached hydrogen (secondary N) is 1. The molecule has 3 aliphatic rings. The Balaban J connectivity index is 1.50. The minimum absolute atomic E-state index is 0.113. The van der Waals surface area contributed by atoms with Crippen LogP contribution in [0.1, 0.15) is 86.8 Å². The highest BCUT2D eigenvalue weighted by Gasteiger charge is 2.49. The third-order valence-electron chi connectivity index (χ3n) is 7.41. The third kappa shape index (κ3) is 4.25. The topological polar surface area (TPSA) is 76.5 Å². The molecular weight excluding hydrogens is 416 g/mol. The van der Waals surface area contributed by atoms with Gasteiger partial charge in [-0.1, -0.05) is 38.2 Å². The van der Waals surface area contributed by atoms with Crippen LogP contribution in [0.15, 0.2) is 30.3 Å². The molecule has 1 unspecified atom stereocenters. The van der Waals surface area contributed by atoms with E-state index in [-0.39, 0.29) is 17.9 Å². The van der Waals surface area contributed by atoms with Crippen molar-refractivity contribution in [3.8, 4) is 5.75 Å². The highest BCUT2D eigenvalue weighted by molar-refractivity contribution is 6.12. The van der Waals surface area contributed by atoms with Gasteiger partial charge in [0.2, 0.25) is 5.91 Å². The molecule has 2 saturated carbocycles. The van der Waals surface area contributed by atoms with Crippen LogP contribution >= 0.6 is 0 Å². The van der Waals surface area contributed by atoms with Gasteiger partial charge in [0, 0.05) is 23.7 Å². The van der Waals surface area contributed by atoms with E-state index in [0.717, 1.165) is 44.2 Å². The fourth-order valence-electron chi connectivity index (χ4n) is 5.28. The molecule has 1 aromatic carbocycles. The lowest BCUT2D eigenvalue weighted by Gasteiger charge is -2.43. The summed E-state index contributed by atoms with van der Waals surface area (Å²) in [6.07, 6.45) is 10.2. The second kappa shape index (κ2) is 8.84. The Bertz CT molecular complexity index is 1040. The first-order valence-electron chi connectivity index (χ1n) is 12.4. The van der Waals surface area contributed by atoms with Gasteiger partial charge in [-0.2, -0.15) is 5.10 Å². The minimum Gasteiger partial charge on any atom is -0.497 e. The number of methoxy groups -OCH3 is 1. The number of hydrogen-bond acceptors (Lipinski definition) is 4. The molecule has 0 saturated heterocycles. The van der Waals surface area contributed by atoms with E-state index in [0.29, 0.717) is 29.6 Å². The van der Waals surface area contributed by atoms with E-state index >= 15 is 0 Å². The van der Waals surface area contributed by atoms with Crippen molar-refractivity contribution in [1.29, 1.82) is 0 Å². The van der Waals surface area contributed by atoms with Crippen LogP contribution in [-0.2, 0) is 11.3 Å². The van der Waals surface area contributed by atoms with Crippen molar-refractivity contribution >= 4 is 17.5 Å². The number of hydrogen-bond donors (Lipinski definition) is 1. The molecule has 1 N–H and O–H groups in total. The van der Waals surface area contributed by atoms with Gasteiger partial charge in [0.1, 0.15) is 17.0 Å². The summed E-state index contributed by atoms with van der Waals surface area (Å²) >= 11 is 0. The molecular formula is C26H34N4O3. The molecule has 0 spiro atoms. The van der Waals surface area contributed by atoms with E-state index in [1.54, 1.807) is 16.7 Å². The Morgan fingerprint density at radius 1 is 1.09 bits per heavy atom. The van der Waals surface area contributed by atoms with E-state index in [9.17, 15) is 9.59 Å². The molecule has 176 valence electrons. The van der Waals surface area contributed by atoms with Gasteiger partial charge in [0.25, 0.3) is 5.91 Å². The van der Waals surface area contributed by atoms with E-state index in [1.807, 2.05) is 37.3 Å². The summed E-state index contributed by atoms with van der Waals surface area (Å²) in [5, 5.41) is 8.05. The van der Waals surface area contributed by atoms with Gasteiger partial charge >= 0.3 is 0 Å². The molecule has 2 heterocycles. The first-order chi connectivity index (χ1) is 16.0. The van der Waals surface area contributed by atoms with Gasteiger partial charge in [-0.25, -0.2) is 0 Å². The van der Waals surface area contributed by atoms with Crippen molar-refractivity contribution in [1.82, 2.24) is 15.1 Å². The van der Waals surface area contributed by atoms with Gasteiger partial charge in [-0.3, -0.25) is 19.2 Å². The lowest BCUT2D eigenvalue weighted by atomic mass is 9.91. The van der Waals surface area contributed by atoms with Crippen molar-refractivity contribution in [2.24, 2.45) is 0 Å². The zero-order chi connectivity index (χ0) is 23.0. The Kier molecular flexibility index (Phi) is 5.89. The van der Waals surface area contributed by atoms with Gasteiger partial charge in [0.05, 0.1) is 19.3 Å². The second-order valence-electron chi connectivity index (χ2n) is 10.0. The smallest absolute Gasteiger partial charge is 0.277 e. The van der Waals surface area contributed by atoms with Crippen molar-refractivity contribution in [2.75, 3.05) is 12.0 Å². The molecule has 2 aromatic rings. The van der Waals surface area contributed by atoms with Gasteiger partial charge in [-0.15, -0.1) is 0 Å². The summed E-state index contributed by atoms with van der Waals surface area (Å²) < 4.78 is 7.17. The zero-order valence-electron chi connectivity index (χ0n) is 19.7. The minimum atomic E-state index is -1.09.